The molecule has 0 unspecified atom stereocenters. The van der Waals surface area contributed by atoms with E-state index in [0.717, 1.165) is 17.7 Å². The predicted molar refractivity (Wildman–Crippen MR) is 44.1 cm³/mol. The number of carbonyl (C=O) groups excluding carboxylic acids is 1. The Balaban J connectivity index is 0.000000605. The molecule has 1 heterocycles. The van der Waals surface area contributed by atoms with Crippen LogP contribution in [0.2, 0.25) is 0 Å². The third kappa shape index (κ3) is 1.26. The fraction of sp³-hybridized carbons (Fsp3) is 0.250. The number of fused-ring (bicyclic) bond motifs is 1. The lowest BCUT2D eigenvalue weighted by atomic mass is 10.2. The van der Waals surface area contributed by atoms with Crippen molar-refractivity contribution >= 4 is 18.2 Å². The quantitative estimate of drug-likeness (QED) is 0.591. The topological polar surface area (TPSA) is 30.0 Å². The van der Waals surface area contributed by atoms with Gasteiger partial charge in [-0.15, -0.1) is 12.4 Å². The summed E-state index contributed by atoms with van der Waals surface area (Å²) in [5.74, 6) is 0.239. The van der Waals surface area contributed by atoms with Gasteiger partial charge in [-0.2, -0.15) is 0 Å². The molecule has 58 valence electrons. The van der Waals surface area contributed by atoms with Gasteiger partial charge in [0.05, 0.1) is 5.69 Å². The Bertz CT molecular complexity index is 285. The molecule has 0 aromatic carbocycles. The Morgan fingerprint density at radius 3 is 2.91 bits per heavy atom. The molecule has 1 aromatic rings. The standard InChI is InChI=1S/C8H7NO.ClH/c10-8-4-3-7-6(8)2-1-5-9-7;/h1-2,5H,3-4H2;1H. The van der Waals surface area contributed by atoms with E-state index in [1.165, 1.54) is 0 Å². The molecule has 0 spiro atoms. The van der Waals surface area contributed by atoms with Crippen molar-refractivity contribution in [1.29, 1.82) is 0 Å². The van der Waals surface area contributed by atoms with Gasteiger partial charge < -0.3 is 0 Å². The largest absolute Gasteiger partial charge is 0.294 e. The van der Waals surface area contributed by atoms with Crippen LogP contribution in [-0.4, -0.2) is 10.8 Å². The summed E-state index contributed by atoms with van der Waals surface area (Å²) >= 11 is 0. The van der Waals surface area contributed by atoms with Crippen LogP contribution in [0, 0.1) is 0 Å². The van der Waals surface area contributed by atoms with Crippen molar-refractivity contribution < 1.29 is 4.79 Å². The summed E-state index contributed by atoms with van der Waals surface area (Å²) in [6.07, 6.45) is 3.21. The number of ketones is 1. The first-order valence-corrected chi connectivity index (χ1v) is 3.35. The molecule has 0 atom stereocenters. The molecule has 0 radical (unpaired) electrons. The lowest BCUT2D eigenvalue weighted by molar-refractivity contribution is 0.0994. The molecule has 1 aliphatic carbocycles. The number of Topliss-reactive ketones (excluding diaryl/α,β-unsaturated/α-hetero) is 1. The maximum Gasteiger partial charge on any atom is 0.165 e. The third-order valence-corrected chi connectivity index (χ3v) is 1.78. The fourth-order valence-electron chi connectivity index (χ4n) is 1.26. The number of aryl methyl sites for hydroxylation is 1. The molecule has 11 heavy (non-hydrogen) atoms. The molecule has 1 aliphatic rings. The minimum atomic E-state index is 0. The average Bonchev–Trinajstić information content (AvgIpc) is 2.34. The summed E-state index contributed by atoms with van der Waals surface area (Å²) in [7, 11) is 0. The molecule has 0 aliphatic heterocycles. The van der Waals surface area contributed by atoms with Crippen LogP contribution < -0.4 is 0 Å². The van der Waals surface area contributed by atoms with Crippen LogP contribution in [0.4, 0.5) is 0 Å². The maximum absolute atomic E-state index is 11.0. The van der Waals surface area contributed by atoms with Gasteiger partial charge in [-0.1, -0.05) is 0 Å². The second kappa shape index (κ2) is 3.01. The van der Waals surface area contributed by atoms with Crippen LogP contribution in [-0.2, 0) is 6.42 Å². The van der Waals surface area contributed by atoms with Crippen LogP contribution in [0.15, 0.2) is 18.3 Å². The number of halogens is 1. The summed E-state index contributed by atoms with van der Waals surface area (Å²) in [6.45, 7) is 0. The van der Waals surface area contributed by atoms with E-state index < -0.39 is 0 Å². The van der Waals surface area contributed by atoms with Gasteiger partial charge in [0, 0.05) is 18.2 Å². The Morgan fingerprint density at radius 1 is 1.36 bits per heavy atom. The number of pyridine rings is 1. The number of carbonyl (C=O) groups is 1. The third-order valence-electron chi connectivity index (χ3n) is 1.78. The maximum atomic E-state index is 11.0. The molecule has 0 amide bonds. The first kappa shape index (κ1) is 8.21. The van der Waals surface area contributed by atoms with Crippen molar-refractivity contribution in [3.63, 3.8) is 0 Å². The summed E-state index contributed by atoms with van der Waals surface area (Å²) in [5, 5.41) is 0. The number of nitrogens with zero attached hydrogens (tertiary/aromatic N) is 1. The molecular formula is C8H8ClNO. The Hall–Kier alpha value is -0.890. The van der Waals surface area contributed by atoms with Crippen molar-refractivity contribution in [1.82, 2.24) is 4.98 Å². The lowest BCUT2D eigenvalue weighted by Crippen LogP contribution is -1.90. The molecule has 0 saturated carbocycles. The zero-order valence-electron chi connectivity index (χ0n) is 5.91. The van der Waals surface area contributed by atoms with E-state index in [0.29, 0.717) is 6.42 Å². The van der Waals surface area contributed by atoms with Crippen molar-refractivity contribution in [3.05, 3.63) is 29.6 Å². The van der Waals surface area contributed by atoms with E-state index in [1.54, 1.807) is 6.20 Å². The molecule has 3 heteroatoms. The zero-order chi connectivity index (χ0) is 6.97. The zero-order valence-corrected chi connectivity index (χ0v) is 6.73. The SMILES string of the molecule is Cl.O=C1CCc2ncccc21. The van der Waals surface area contributed by atoms with Gasteiger partial charge in [0.2, 0.25) is 0 Å². The predicted octanol–water partition coefficient (Wildman–Crippen LogP) is 1.63. The van der Waals surface area contributed by atoms with Crippen molar-refractivity contribution in [2.75, 3.05) is 0 Å². The summed E-state index contributed by atoms with van der Waals surface area (Å²) in [6, 6.07) is 3.65. The smallest absolute Gasteiger partial charge is 0.165 e. The average molecular weight is 170 g/mol. The normalized spacial score (nSPS) is 14.0. The van der Waals surface area contributed by atoms with Crippen molar-refractivity contribution in [3.8, 4) is 0 Å². The van der Waals surface area contributed by atoms with E-state index in [2.05, 4.69) is 4.98 Å². The Labute approximate surface area is 71.1 Å². The van der Waals surface area contributed by atoms with Gasteiger partial charge in [0.25, 0.3) is 0 Å². The van der Waals surface area contributed by atoms with Crippen molar-refractivity contribution in [2.45, 2.75) is 12.8 Å². The fourth-order valence-corrected chi connectivity index (χ4v) is 1.26. The van der Waals surface area contributed by atoms with Crippen molar-refractivity contribution in [2.24, 2.45) is 0 Å². The first-order chi connectivity index (χ1) is 4.88. The number of hydrogen-bond acceptors (Lipinski definition) is 2. The van der Waals surface area contributed by atoms with Crippen LogP contribution >= 0.6 is 12.4 Å². The highest BCUT2D eigenvalue weighted by Gasteiger charge is 2.18. The highest BCUT2D eigenvalue weighted by atomic mass is 35.5. The van der Waals surface area contributed by atoms with Crippen LogP contribution in [0.5, 0.6) is 0 Å². The van der Waals surface area contributed by atoms with Gasteiger partial charge in [-0.25, -0.2) is 0 Å². The van der Waals surface area contributed by atoms with Gasteiger partial charge >= 0.3 is 0 Å². The second-order valence-corrected chi connectivity index (χ2v) is 2.42. The van der Waals surface area contributed by atoms with Gasteiger partial charge in [0.15, 0.2) is 5.78 Å². The summed E-state index contributed by atoms with van der Waals surface area (Å²) < 4.78 is 0. The van der Waals surface area contributed by atoms with Crippen LogP contribution in [0.1, 0.15) is 22.5 Å². The highest BCUT2D eigenvalue weighted by Crippen LogP contribution is 2.17. The Kier molecular flexibility index (Phi) is 2.25. The highest BCUT2D eigenvalue weighted by molar-refractivity contribution is 5.99. The Morgan fingerprint density at radius 2 is 2.18 bits per heavy atom. The number of rotatable bonds is 0. The molecule has 0 saturated heterocycles. The summed E-state index contributed by atoms with van der Waals surface area (Å²) in [4.78, 5) is 15.1. The molecule has 2 rings (SSSR count). The molecule has 0 bridgehead atoms. The molecule has 0 N–H and O–H groups in total. The molecule has 0 fully saturated rings. The molecule has 1 aromatic heterocycles. The van der Waals surface area contributed by atoms with Gasteiger partial charge in [-0.05, 0) is 18.6 Å². The lowest BCUT2D eigenvalue weighted by Gasteiger charge is -1.91. The minimum Gasteiger partial charge on any atom is -0.294 e. The van der Waals surface area contributed by atoms with Crippen LogP contribution in [0.25, 0.3) is 0 Å². The van der Waals surface area contributed by atoms with Gasteiger partial charge in [-0.3, -0.25) is 9.78 Å². The van der Waals surface area contributed by atoms with E-state index in [1.807, 2.05) is 12.1 Å². The summed E-state index contributed by atoms with van der Waals surface area (Å²) in [5.41, 5.74) is 1.79. The number of aromatic nitrogens is 1. The van der Waals surface area contributed by atoms with Crippen LogP contribution in [0.3, 0.4) is 0 Å². The second-order valence-electron chi connectivity index (χ2n) is 2.42. The number of hydrogen-bond donors (Lipinski definition) is 0. The first-order valence-electron chi connectivity index (χ1n) is 3.35. The van der Waals surface area contributed by atoms with E-state index in [9.17, 15) is 4.79 Å². The van der Waals surface area contributed by atoms with E-state index in [4.69, 9.17) is 0 Å². The molecular weight excluding hydrogens is 162 g/mol. The van der Waals surface area contributed by atoms with E-state index >= 15 is 0 Å². The molecule has 2 nitrogen and oxygen atoms in total. The monoisotopic (exact) mass is 169 g/mol. The van der Waals surface area contributed by atoms with E-state index in [-0.39, 0.29) is 18.2 Å². The minimum absolute atomic E-state index is 0. The van der Waals surface area contributed by atoms with Gasteiger partial charge in [0.1, 0.15) is 0 Å².